The maximum absolute atomic E-state index is 9.07. The molecule has 0 spiro atoms. The lowest BCUT2D eigenvalue weighted by Crippen LogP contribution is -1.73. The second kappa shape index (κ2) is 4.14. The largest absolute Gasteiger partial charge is 0.280 e. The molecule has 4 nitrogen and oxygen atoms in total. The van der Waals surface area contributed by atoms with Gasteiger partial charge < -0.3 is 0 Å². The van der Waals surface area contributed by atoms with E-state index in [1.165, 1.54) is 7.11 Å². The van der Waals surface area contributed by atoms with Gasteiger partial charge in [-0.1, -0.05) is 0 Å². The molecule has 0 aromatic rings. The first kappa shape index (κ1) is 5.14. The van der Waals surface area contributed by atoms with Crippen LogP contribution in [0.5, 0.6) is 0 Å². The van der Waals surface area contributed by atoms with Crippen LogP contribution in [0.25, 0.3) is 0 Å². The number of carbonyl (C=O) groups excluding carboxylic acids is 1. The van der Waals surface area contributed by atoms with Gasteiger partial charge in [0, 0.05) is 5.16 Å². The molecule has 0 saturated carbocycles. The summed E-state index contributed by atoms with van der Waals surface area (Å²) in [6.45, 7) is 0. The highest BCUT2D eigenvalue weighted by molar-refractivity contribution is 5.31. The Morgan fingerprint density at radius 3 is 2.67 bits per heavy atom. The Morgan fingerprint density at radius 2 is 2.50 bits per heavy atom. The van der Waals surface area contributed by atoms with Crippen LogP contribution in [0.1, 0.15) is 0 Å². The van der Waals surface area contributed by atoms with E-state index in [1.54, 1.807) is 0 Å². The van der Waals surface area contributed by atoms with E-state index in [0.717, 1.165) is 6.08 Å². The van der Waals surface area contributed by atoms with Crippen molar-refractivity contribution in [2.24, 2.45) is 5.16 Å². The zero-order chi connectivity index (χ0) is 4.83. The Balaban J connectivity index is 2.86. The molecule has 0 heterocycles. The number of nitrogens with zero attached hydrogens (tertiary/aromatic N) is 1. The average molecular weight is 89.0 g/mol. The second-order valence-electron chi connectivity index (χ2n) is 0.424. The van der Waals surface area contributed by atoms with Gasteiger partial charge in [-0.05, 0) is 0 Å². The molecular weight excluding hydrogens is 86.0 g/mol. The van der Waals surface area contributed by atoms with E-state index in [4.69, 9.17) is 4.79 Å². The summed E-state index contributed by atoms with van der Waals surface area (Å²) in [7, 11) is 1.24. The molecule has 0 radical (unpaired) electrons. The summed E-state index contributed by atoms with van der Waals surface area (Å²) in [5, 5.41) is 2.56. The van der Waals surface area contributed by atoms with Crippen molar-refractivity contribution in [3.8, 4) is 0 Å². The Morgan fingerprint density at radius 1 is 1.83 bits per heavy atom. The first-order chi connectivity index (χ1) is 2.91. The summed E-state index contributed by atoms with van der Waals surface area (Å²) in [6.07, 6.45) is 1.10. The van der Waals surface area contributed by atoms with Crippen LogP contribution in [0.4, 0.5) is 0 Å². The molecule has 0 aromatic heterocycles. The van der Waals surface area contributed by atoms with Gasteiger partial charge in [-0.25, -0.2) is 9.78 Å². The van der Waals surface area contributed by atoms with Gasteiger partial charge in [-0.15, -0.1) is 0 Å². The van der Waals surface area contributed by atoms with Gasteiger partial charge in [0.05, 0.1) is 7.11 Å². The molecule has 0 unspecified atom stereocenters. The summed E-state index contributed by atoms with van der Waals surface area (Å²) in [5.41, 5.74) is 0. The molecule has 0 N–H and O–H groups in total. The van der Waals surface area contributed by atoms with Crippen molar-refractivity contribution in [3.05, 3.63) is 0 Å². The third kappa shape index (κ3) is 3.14. The lowest BCUT2D eigenvalue weighted by Gasteiger charge is -1.78. The Hall–Kier alpha value is -0.860. The molecule has 0 rings (SSSR count). The molecule has 6 heavy (non-hydrogen) atoms. The third-order valence-corrected chi connectivity index (χ3v) is 0.149. The van der Waals surface area contributed by atoms with Crippen LogP contribution in [-0.4, -0.2) is 13.2 Å². The van der Waals surface area contributed by atoms with Crippen molar-refractivity contribution in [1.29, 1.82) is 0 Å². The highest BCUT2D eigenvalue weighted by Crippen LogP contribution is 1.65. The zero-order valence-corrected chi connectivity index (χ0v) is 3.17. The van der Waals surface area contributed by atoms with Gasteiger partial charge in [-0.3, -0.25) is 0 Å². The van der Waals surface area contributed by atoms with Crippen LogP contribution in [0.3, 0.4) is 0 Å². The molecule has 0 bridgehead atoms. The molecular formula is C2H3NO3. The molecule has 0 amide bonds. The lowest BCUT2D eigenvalue weighted by molar-refractivity contribution is -0.273. The van der Waals surface area contributed by atoms with Crippen molar-refractivity contribution >= 4 is 6.08 Å². The number of rotatable bonds is 2. The van der Waals surface area contributed by atoms with Gasteiger partial charge in [-0.2, -0.15) is 4.89 Å². The van der Waals surface area contributed by atoms with E-state index >= 15 is 0 Å². The fourth-order valence-electron chi connectivity index (χ4n) is 0.0525. The number of hydrogen-bond donors (Lipinski definition) is 0. The molecule has 0 atom stereocenters. The average Bonchev–Trinajstić information content (AvgIpc) is 1.61. The smallest absolute Gasteiger partial charge is 0.209 e. The van der Waals surface area contributed by atoms with E-state index in [0.29, 0.717) is 0 Å². The highest BCUT2D eigenvalue weighted by Gasteiger charge is 1.61. The van der Waals surface area contributed by atoms with Crippen molar-refractivity contribution in [3.63, 3.8) is 0 Å². The normalized spacial score (nSPS) is 6.17. The van der Waals surface area contributed by atoms with Crippen LogP contribution < -0.4 is 0 Å². The van der Waals surface area contributed by atoms with Gasteiger partial charge in [0.2, 0.25) is 0 Å². The predicted molar refractivity (Wildman–Crippen MR) is 16.2 cm³/mol. The minimum absolute atomic E-state index is 1.10. The highest BCUT2D eigenvalue weighted by atomic mass is 17.3. The first-order valence-electron chi connectivity index (χ1n) is 1.19. The minimum atomic E-state index is 1.10. The van der Waals surface area contributed by atoms with Crippen molar-refractivity contribution in [2.75, 3.05) is 7.11 Å². The molecule has 0 aromatic carbocycles. The fraction of sp³-hybridized carbons (Fsp3) is 0.500. The molecule has 0 aliphatic carbocycles. The summed E-state index contributed by atoms with van der Waals surface area (Å²) in [4.78, 5) is 16.6. The van der Waals surface area contributed by atoms with E-state index in [9.17, 15) is 0 Å². The number of isocyanates is 1. The van der Waals surface area contributed by atoms with Crippen LogP contribution in [0.2, 0.25) is 0 Å². The second-order valence-corrected chi connectivity index (χ2v) is 0.424. The molecule has 0 fully saturated rings. The standard InChI is InChI=1S/C2H3NO3/c1-5-6-3-2-4/h1H3. The van der Waals surface area contributed by atoms with Crippen molar-refractivity contribution in [2.45, 2.75) is 0 Å². The summed E-state index contributed by atoms with van der Waals surface area (Å²) in [6, 6.07) is 0. The van der Waals surface area contributed by atoms with Crippen LogP contribution in [0, 0.1) is 0 Å². The van der Waals surface area contributed by atoms with Gasteiger partial charge >= 0.3 is 0 Å². The van der Waals surface area contributed by atoms with E-state index in [1.807, 2.05) is 0 Å². The first-order valence-corrected chi connectivity index (χ1v) is 1.19. The fourth-order valence-corrected chi connectivity index (χ4v) is 0.0525. The Labute approximate surface area is 34.3 Å². The number of hydrogen-bond acceptors (Lipinski definition) is 4. The van der Waals surface area contributed by atoms with Gasteiger partial charge in [0.25, 0.3) is 6.08 Å². The lowest BCUT2D eigenvalue weighted by atomic mass is 11.7. The van der Waals surface area contributed by atoms with E-state index in [-0.39, 0.29) is 0 Å². The topological polar surface area (TPSA) is 47.9 Å². The molecule has 0 saturated heterocycles. The van der Waals surface area contributed by atoms with Crippen molar-refractivity contribution < 1.29 is 14.7 Å². The molecule has 34 valence electrons. The zero-order valence-electron chi connectivity index (χ0n) is 3.17. The molecule has 0 aliphatic rings. The monoisotopic (exact) mass is 89.0 g/mol. The van der Waals surface area contributed by atoms with Crippen LogP contribution >= 0.6 is 0 Å². The summed E-state index contributed by atoms with van der Waals surface area (Å²) in [5.74, 6) is 0. The predicted octanol–water partition coefficient (Wildman–Crippen LogP) is -0.185. The minimum Gasteiger partial charge on any atom is -0.209 e. The summed E-state index contributed by atoms with van der Waals surface area (Å²) < 4.78 is 0. The SMILES string of the molecule is COON=C=O. The van der Waals surface area contributed by atoms with E-state index < -0.39 is 0 Å². The Kier molecular flexibility index (Phi) is 3.55. The summed E-state index contributed by atoms with van der Waals surface area (Å²) >= 11 is 0. The van der Waals surface area contributed by atoms with Crippen LogP contribution in [0.15, 0.2) is 5.16 Å². The van der Waals surface area contributed by atoms with Crippen molar-refractivity contribution in [1.82, 2.24) is 0 Å². The maximum Gasteiger partial charge on any atom is 0.280 e. The van der Waals surface area contributed by atoms with Gasteiger partial charge in [0.15, 0.2) is 0 Å². The quantitative estimate of drug-likeness (QED) is 0.204. The maximum atomic E-state index is 9.07. The molecule has 0 aliphatic heterocycles. The van der Waals surface area contributed by atoms with Gasteiger partial charge in [0.1, 0.15) is 0 Å². The Bertz CT molecular complexity index is 65.2. The van der Waals surface area contributed by atoms with E-state index in [2.05, 4.69) is 15.0 Å². The third-order valence-electron chi connectivity index (χ3n) is 0.149. The molecule has 4 heteroatoms. The van der Waals surface area contributed by atoms with Crippen LogP contribution in [-0.2, 0) is 14.7 Å².